The summed E-state index contributed by atoms with van der Waals surface area (Å²) in [4.78, 5) is 0.565. The van der Waals surface area contributed by atoms with Crippen LogP contribution in [0.2, 0.25) is 0 Å². The second-order valence-corrected chi connectivity index (χ2v) is 3.67. The predicted octanol–water partition coefficient (Wildman–Crippen LogP) is 2.71. The SMILES string of the molecule is CSc1ccc(C(F)(F)F)cc1C(=N)N. The number of nitrogens with two attached hydrogens (primary N) is 1. The Morgan fingerprint density at radius 1 is 1.40 bits per heavy atom. The summed E-state index contributed by atoms with van der Waals surface area (Å²) < 4.78 is 37.0. The van der Waals surface area contributed by atoms with Crippen LogP contribution in [0.5, 0.6) is 0 Å². The third kappa shape index (κ3) is 2.65. The standard InChI is InChI=1S/C9H9F3N2S/c1-15-7-3-2-5(9(10,11)12)4-6(7)8(13)14/h2-4H,1H3,(H3,13,14). The zero-order valence-corrected chi connectivity index (χ0v) is 8.67. The van der Waals surface area contributed by atoms with E-state index in [9.17, 15) is 13.2 Å². The molecule has 0 unspecified atom stereocenters. The van der Waals surface area contributed by atoms with Crippen LogP contribution in [0.4, 0.5) is 13.2 Å². The van der Waals surface area contributed by atoms with Crippen molar-refractivity contribution in [1.29, 1.82) is 5.41 Å². The maximum Gasteiger partial charge on any atom is 0.416 e. The second kappa shape index (κ2) is 4.14. The van der Waals surface area contributed by atoms with Gasteiger partial charge in [0.1, 0.15) is 5.84 Å². The van der Waals surface area contributed by atoms with E-state index >= 15 is 0 Å². The van der Waals surface area contributed by atoms with Crippen molar-refractivity contribution >= 4 is 17.6 Å². The fraction of sp³-hybridized carbons (Fsp3) is 0.222. The van der Waals surface area contributed by atoms with Gasteiger partial charge in [-0.2, -0.15) is 13.2 Å². The van der Waals surface area contributed by atoms with Gasteiger partial charge in [0.25, 0.3) is 0 Å². The molecule has 0 saturated heterocycles. The van der Waals surface area contributed by atoms with Crippen LogP contribution < -0.4 is 5.73 Å². The number of nitrogens with one attached hydrogen (secondary N) is 1. The van der Waals surface area contributed by atoms with Crippen molar-refractivity contribution in [3.8, 4) is 0 Å². The number of rotatable bonds is 2. The normalized spacial score (nSPS) is 11.5. The van der Waals surface area contributed by atoms with Crippen LogP contribution in [-0.2, 0) is 6.18 Å². The number of amidine groups is 1. The quantitative estimate of drug-likeness (QED) is 0.469. The average Bonchev–Trinajstić information content (AvgIpc) is 2.15. The van der Waals surface area contributed by atoms with E-state index in [0.29, 0.717) is 4.90 Å². The monoisotopic (exact) mass is 234 g/mol. The highest BCUT2D eigenvalue weighted by Crippen LogP contribution is 2.32. The molecule has 0 aliphatic carbocycles. The van der Waals surface area contributed by atoms with E-state index in [1.807, 2.05) is 0 Å². The molecule has 0 bridgehead atoms. The molecule has 1 rings (SSSR count). The molecule has 0 radical (unpaired) electrons. The average molecular weight is 234 g/mol. The lowest BCUT2D eigenvalue weighted by Crippen LogP contribution is -2.14. The molecule has 15 heavy (non-hydrogen) atoms. The molecule has 1 aromatic rings. The Morgan fingerprint density at radius 2 is 2.00 bits per heavy atom. The largest absolute Gasteiger partial charge is 0.416 e. The molecule has 0 saturated carbocycles. The van der Waals surface area contributed by atoms with Crippen LogP contribution in [0, 0.1) is 5.41 Å². The van der Waals surface area contributed by atoms with Gasteiger partial charge in [0.2, 0.25) is 0 Å². The van der Waals surface area contributed by atoms with Crippen LogP contribution in [0.25, 0.3) is 0 Å². The summed E-state index contributed by atoms with van der Waals surface area (Å²) in [6.45, 7) is 0. The molecular formula is C9H9F3N2S. The first-order valence-corrected chi connectivity index (χ1v) is 5.18. The number of benzene rings is 1. The maximum absolute atomic E-state index is 12.3. The minimum atomic E-state index is -4.40. The Bertz CT molecular complexity index is 387. The molecule has 0 spiro atoms. The molecule has 0 aliphatic heterocycles. The smallest absolute Gasteiger partial charge is 0.384 e. The Kier molecular flexibility index (Phi) is 3.28. The van der Waals surface area contributed by atoms with Gasteiger partial charge >= 0.3 is 6.18 Å². The van der Waals surface area contributed by atoms with Crippen LogP contribution in [0.1, 0.15) is 11.1 Å². The minimum Gasteiger partial charge on any atom is -0.384 e. The molecule has 0 atom stereocenters. The molecule has 0 heterocycles. The van der Waals surface area contributed by atoms with Crippen LogP contribution in [-0.4, -0.2) is 12.1 Å². The van der Waals surface area contributed by atoms with Gasteiger partial charge < -0.3 is 5.73 Å². The molecule has 6 heteroatoms. The highest BCUT2D eigenvalue weighted by atomic mass is 32.2. The third-order valence-corrected chi connectivity index (χ3v) is 2.61. The predicted molar refractivity (Wildman–Crippen MR) is 54.2 cm³/mol. The van der Waals surface area contributed by atoms with E-state index in [2.05, 4.69) is 0 Å². The molecular weight excluding hydrogens is 225 g/mol. The van der Waals surface area contributed by atoms with E-state index in [1.54, 1.807) is 6.26 Å². The maximum atomic E-state index is 12.3. The number of nitrogen functional groups attached to an aromatic ring is 1. The molecule has 0 aromatic heterocycles. The van der Waals surface area contributed by atoms with Gasteiger partial charge in [-0.05, 0) is 24.5 Å². The van der Waals surface area contributed by atoms with Gasteiger partial charge in [-0.3, -0.25) is 5.41 Å². The van der Waals surface area contributed by atoms with Crippen LogP contribution >= 0.6 is 11.8 Å². The zero-order chi connectivity index (χ0) is 11.6. The lowest BCUT2D eigenvalue weighted by Gasteiger charge is -2.11. The van der Waals surface area contributed by atoms with Crippen molar-refractivity contribution in [3.05, 3.63) is 29.3 Å². The first-order valence-electron chi connectivity index (χ1n) is 3.96. The van der Waals surface area contributed by atoms with Gasteiger partial charge in [-0.25, -0.2) is 0 Å². The number of alkyl halides is 3. The summed E-state index contributed by atoms with van der Waals surface area (Å²) >= 11 is 1.25. The topological polar surface area (TPSA) is 49.9 Å². The lowest BCUT2D eigenvalue weighted by atomic mass is 10.1. The minimum absolute atomic E-state index is 0.123. The van der Waals surface area contributed by atoms with Crippen molar-refractivity contribution in [1.82, 2.24) is 0 Å². The highest BCUT2D eigenvalue weighted by Gasteiger charge is 2.31. The van der Waals surface area contributed by atoms with Gasteiger partial charge in [0.05, 0.1) is 5.56 Å². The Balaban J connectivity index is 3.28. The number of hydrogen-bond acceptors (Lipinski definition) is 2. The van der Waals surface area contributed by atoms with Crippen molar-refractivity contribution in [3.63, 3.8) is 0 Å². The highest BCUT2D eigenvalue weighted by molar-refractivity contribution is 7.98. The summed E-state index contributed by atoms with van der Waals surface area (Å²) in [5.41, 5.74) is 4.54. The molecule has 0 aliphatic rings. The Morgan fingerprint density at radius 3 is 2.40 bits per heavy atom. The zero-order valence-electron chi connectivity index (χ0n) is 7.85. The first-order chi connectivity index (χ1) is 6.86. The Hall–Kier alpha value is -1.17. The molecule has 82 valence electrons. The second-order valence-electron chi connectivity index (χ2n) is 2.83. The van der Waals surface area contributed by atoms with Crippen molar-refractivity contribution in [2.75, 3.05) is 6.26 Å². The third-order valence-electron chi connectivity index (χ3n) is 1.82. The van der Waals surface area contributed by atoms with Crippen molar-refractivity contribution < 1.29 is 13.2 Å². The van der Waals surface area contributed by atoms with Crippen molar-refractivity contribution in [2.45, 2.75) is 11.1 Å². The molecule has 0 amide bonds. The summed E-state index contributed by atoms with van der Waals surface area (Å²) in [5.74, 6) is -0.356. The lowest BCUT2D eigenvalue weighted by molar-refractivity contribution is -0.137. The molecule has 2 nitrogen and oxygen atoms in total. The fourth-order valence-electron chi connectivity index (χ4n) is 1.09. The number of halogens is 3. The molecule has 0 fully saturated rings. The van der Waals surface area contributed by atoms with E-state index in [1.165, 1.54) is 17.8 Å². The van der Waals surface area contributed by atoms with Gasteiger partial charge in [0, 0.05) is 10.5 Å². The Labute approximate surface area is 89.2 Å². The summed E-state index contributed by atoms with van der Waals surface area (Å²) in [5, 5.41) is 7.18. The van der Waals surface area contributed by atoms with Gasteiger partial charge in [0.15, 0.2) is 0 Å². The van der Waals surface area contributed by atoms with Gasteiger partial charge in [-0.1, -0.05) is 0 Å². The molecule has 3 N–H and O–H groups in total. The summed E-state index contributed by atoms with van der Waals surface area (Å²) in [6.07, 6.45) is -2.68. The number of thioether (sulfide) groups is 1. The summed E-state index contributed by atoms with van der Waals surface area (Å²) in [6, 6.07) is 3.21. The molecule has 1 aromatic carbocycles. The first kappa shape index (κ1) is 11.9. The van der Waals surface area contributed by atoms with Crippen molar-refractivity contribution in [2.24, 2.45) is 5.73 Å². The van der Waals surface area contributed by atoms with E-state index < -0.39 is 11.7 Å². The van der Waals surface area contributed by atoms with E-state index in [0.717, 1.165) is 12.1 Å². The van der Waals surface area contributed by atoms with E-state index in [-0.39, 0.29) is 11.4 Å². The summed E-state index contributed by atoms with van der Waals surface area (Å²) in [7, 11) is 0. The fourth-order valence-corrected chi connectivity index (χ4v) is 1.69. The number of hydrogen-bond donors (Lipinski definition) is 2. The van der Waals surface area contributed by atoms with Crippen LogP contribution in [0.15, 0.2) is 23.1 Å². The van der Waals surface area contributed by atoms with Crippen LogP contribution in [0.3, 0.4) is 0 Å². The van der Waals surface area contributed by atoms with E-state index in [4.69, 9.17) is 11.1 Å². The van der Waals surface area contributed by atoms with Gasteiger partial charge in [-0.15, -0.1) is 11.8 Å².